The van der Waals surface area contributed by atoms with Crippen LogP contribution in [-0.2, 0) is 19.1 Å². The van der Waals surface area contributed by atoms with E-state index in [-0.39, 0.29) is 31.9 Å². The first-order valence-electron chi connectivity index (χ1n) is 5.48. The number of hydrogen-bond acceptors (Lipinski definition) is 5. The summed E-state index contributed by atoms with van der Waals surface area (Å²) in [6.07, 6.45) is 0.176. The maximum absolute atomic E-state index is 11.3. The molecule has 0 saturated carbocycles. The van der Waals surface area contributed by atoms with E-state index in [1.807, 2.05) is 0 Å². The molecule has 0 aromatic rings. The van der Waals surface area contributed by atoms with Crippen molar-refractivity contribution in [3.05, 3.63) is 12.2 Å². The van der Waals surface area contributed by atoms with E-state index < -0.39 is 17.9 Å². The van der Waals surface area contributed by atoms with Gasteiger partial charge >= 0.3 is 5.97 Å². The number of nitrogens with one attached hydrogen (secondary N) is 1. The number of primary amides is 1. The SMILES string of the molecule is C=C(C)C(=O)NCCOC(=O)[C@@H](N)CCC(N)=O. The van der Waals surface area contributed by atoms with Crippen LogP contribution in [-0.4, -0.2) is 37.0 Å². The van der Waals surface area contributed by atoms with Crippen molar-refractivity contribution in [3.63, 3.8) is 0 Å². The van der Waals surface area contributed by atoms with Crippen LogP contribution in [0.5, 0.6) is 0 Å². The van der Waals surface area contributed by atoms with Crippen molar-refractivity contribution in [1.29, 1.82) is 0 Å². The summed E-state index contributed by atoms with van der Waals surface area (Å²) in [7, 11) is 0. The van der Waals surface area contributed by atoms with Gasteiger partial charge in [0.25, 0.3) is 0 Å². The summed E-state index contributed by atoms with van der Waals surface area (Å²) < 4.78 is 4.81. The number of esters is 1. The highest BCUT2D eigenvalue weighted by Gasteiger charge is 2.15. The molecule has 0 aliphatic heterocycles. The lowest BCUT2D eigenvalue weighted by Gasteiger charge is -2.11. The van der Waals surface area contributed by atoms with Gasteiger partial charge in [-0.2, -0.15) is 0 Å². The highest BCUT2D eigenvalue weighted by Crippen LogP contribution is 1.96. The lowest BCUT2D eigenvalue weighted by atomic mass is 10.1. The normalized spacial score (nSPS) is 11.4. The van der Waals surface area contributed by atoms with E-state index >= 15 is 0 Å². The monoisotopic (exact) mass is 257 g/mol. The summed E-state index contributed by atoms with van der Waals surface area (Å²) in [4.78, 5) is 32.9. The molecular weight excluding hydrogens is 238 g/mol. The Bertz CT molecular complexity index is 341. The van der Waals surface area contributed by atoms with Crippen LogP contribution in [0.15, 0.2) is 12.2 Å². The van der Waals surface area contributed by atoms with Crippen LogP contribution < -0.4 is 16.8 Å². The first-order valence-corrected chi connectivity index (χ1v) is 5.48. The van der Waals surface area contributed by atoms with Crippen molar-refractivity contribution in [3.8, 4) is 0 Å². The molecule has 0 fully saturated rings. The number of nitrogens with two attached hydrogens (primary N) is 2. The van der Waals surface area contributed by atoms with Gasteiger partial charge in [0.1, 0.15) is 12.6 Å². The van der Waals surface area contributed by atoms with E-state index in [0.29, 0.717) is 5.57 Å². The first kappa shape index (κ1) is 16.1. The molecular formula is C11H19N3O4. The van der Waals surface area contributed by atoms with Gasteiger partial charge in [-0.15, -0.1) is 0 Å². The van der Waals surface area contributed by atoms with Crippen molar-refractivity contribution in [2.24, 2.45) is 11.5 Å². The Morgan fingerprint density at radius 2 is 2.00 bits per heavy atom. The average Bonchev–Trinajstić information content (AvgIpc) is 2.30. The summed E-state index contributed by atoms with van der Waals surface area (Å²) in [6, 6.07) is -0.880. The molecule has 0 aliphatic carbocycles. The molecule has 7 nitrogen and oxygen atoms in total. The number of hydrogen-bond donors (Lipinski definition) is 3. The molecule has 0 aromatic heterocycles. The standard InChI is InChI=1S/C11H19N3O4/c1-7(2)10(16)14-5-6-18-11(17)8(12)3-4-9(13)15/h8H,1,3-6,12H2,2H3,(H2,13,15)(H,14,16)/t8-/m0/s1. The van der Waals surface area contributed by atoms with Gasteiger partial charge in [-0.3, -0.25) is 14.4 Å². The Balaban J connectivity index is 3.73. The zero-order chi connectivity index (χ0) is 14.1. The molecule has 18 heavy (non-hydrogen) atoms. The second kappa shape index (κ2) is 8.24. The van der Waals surface area contributed by atoms with Crippen molar-refractivity contribution in [1.82, 2.24) is 5.32 Å². The third kappa shape index (κ3) is 7.39. The Kier molecular flexibility index (Phi) is 7.37. The summed E-state index contributed by atoms with van der Waals surface area (Å²) >= 11 is 0. The Morgan fingerprint density at radius 3 is 2.50 bits per heavy atom. The molecule has 0 unspecified atom stereocenters. The van der Waals surface area contributed by atoms with Gasteiger partial charge in [0.15, 0.2) is 0 Å². The fourth-order valence-corrected chi connectivity index (χ4v) is 0.990. The van der Waals surface area contributed by atoms with Crippen molar-refractivity contribution < 1.29 is 19.1 Å². The van der Waals surface area contributed by atoms with Crippen molar-refractivity contribution >= 4 is 17.8 Å². The number of ether oxygens (including phenoxy) is 1. The Labute approximate surface area is 106 Å². The molecule has 102 valence electrons. The lowest BCUT2D eigenvalue weighted by molar-refractivity contribution is -0.145. The molecule has 0 heterocycles. The van der Waals surface area contributed by atoms with Crippen LogP contribution in [0, 0.1) is 0 Å². The molecule has 5 N–H and O–H groups in total. The van der Waals surface area contributed by atoms with Gasteiger partial charge in [0.2, 0.25) is 11.8 Å². The largest absolute Gasteiger partial charge is 0.463 e. The molecule has 0 saturated heterocycles. The lowest BCUT2D eigenvalue weighted by Crippen LogP contribution is -2.35. The fraction of sp³-hybridized carbons (Fsp3) is 0.545. The smallest absolute Gasteiger partial charge is 0.322 e. The summed E-state index contributed by atoms with van der Waals surface area (Å²) in [5.74, 6) is -1.45. The van der Waals surface area contributed by atoms with Crippen LogP contribution >= 0.6 is 0 Å². The molecule has 0 aromatic carbocycles. The predicted octanol–water partition coefficient (Wildman–Crippen LogP) is -1.19. The van der Waals surface area contributed by atoms with Gasteiger partial charge < -0.3 is 21.5 Å². The molecule has 0 rings (SSSR count). The molecule has 1 atom stereocenters. The maximum Gasteiger partial charge on any atom is 0.322 e. The summed E-state index contributed by atoms with van der Waals surface area (Å²) in [6.45, 7) is 5.22. The van der Waals surface area contributed by atoms with Crippen molar-refractivity contribution in [2.45, 2.75) is 25.8 Å². The van der Waals surface area contributed by atoms with Gasteiger partial charge in [0.05, 0.1) is 6.54 Å². The van der Waals surface area contributed by atoms with E-state index in [9.17, 15) is 14.4 Å². The van der Waals surface area contributed by atoms with Gasteiger partial charge in [-0.25, -0.2) is 0 Å². The first-order chi connectivity index (χ1) is 8.34. The fourth-order valence-electron chi connectivity index (χ4n) is 0.990. The molecule has 0 bridgehead atoms. The third-order valence-electron chi connectivity index (χ3n) is 2.02. The number of amides is 2. The quantitative estimate of drug-likeness (QED) is 0.286. The van der Waals surface area contributed by atoms with E-state index in [4.69, 9.17) is 16.2 Å². The zero-order valence-corrected chi connectivity index (χ0v) is 10.4. The highest BCUT2D eigenvalue weighted by molar-refractivity contribution is 5.92. The van der Waals surface area contributed by atoms with Crippen LogP contribution in [0.2, 0.25) is 0 Å². The minimum absolute atomic E-state index is 0.0160. The van der Waals surface area contributed by atoms with E-state index in [0.717, 1.165) is 0 Å². The van der Waals surface area contributed by atoms with Crippen LogP contribution in [0.4, 0.5) is 0 Å². The van der Waals surface area contributed by atoms with Gasteiger partial charge in [-0.05, 0) is 13.3 Å². The maximum atomic E-state index is 11.3. The zero-order valence-electron chi connectivity index (χ0n) is 10.4. The second-order valence-electron chi connectivity index (χ2n) is 3.82. The van der Waals surface area contributed by atoms with E-state index in [1.165, 1.54) is 0 Å². The topological polar surface area (TPSA) is 125 Å². The number of rotatable bonds is 8. The second-order valence-corrected chi connectivity index (χ2v) is 3.82. The van der Waals surface area contributed by atoms with E-state index in [1.54, 1.807) is 6.92 Å². The summed E-state index contributed by atoms with van der Waals surface area (Å²) in [5, 5.41) is 2.50. The van der Waals surface area contributed by atoms with Crippen molar-refractivity contribution in [2.75, 3.05) is 13.2 Å². The molecule has 0 spiro atoms. The van der Waals surface area contributed by atoms with Gasteiger partial charge in [0, 0.05) is 12.0 Å². The van der Waals surface area contributed by atoms with E-state index in [2.05, 4.69) is 11.9 Å². The van der Waals surface area contributed by atoms with Gasteiger partial charge in [-0.1, -0.05) is 6.58 Å². The average molecular weight is 257 g/mol. The summed E-state index contributed by atoms with van der Waals surface area (Å²) in [5.41, 5.74) is 10.8. The van der Waals surface area contributed by atoms with Crippen LogP contribution in [0.25, 0.3) is 0 Å². The number of carbonyl (C=O) groups is 3. The minimum Gasteiger partial charge on any atom is -0.463 e. The Morgan fingerprint density at radius 1 is 1.39 bits per heavy atom. The highest BCUT2D eigenvalue weighted by atomic mass is 16.5. The predicted molar refractivity (Wildman–Crippen MR) is 65.2 cm³/mol. The minimum atomic E-state index is -0.880. The van der Waals surface area contributed by atoms with Crippen LogP contribution in [0.3, 0.4) is 0 Å². The third-order valence-corrected chi connectivity index (χ3v) is 2.02. The molecule has 7 heteroatoms. The molecule has 0 aliphatic rings. The molecule has 0 radical (unpaired) electrons. The van der Waals surface area contributed by atoms with Crippen LogP contribution in [0.1, 0.15) is 19.8 Å². The molecule has 2 amide bonds. The Hall–Kier alpha value is -1.89. The number of carbonyl (C=O) groups excluding carboxylic acids is 3.